The number of ether oxygens (including phenoxy) is 2. The average molecular weight is 347 g/mol. The maximum absolute atomic E-state index is 12.1. The van der Waals surface area contributed by atoms with Gasteiger partial charge >= 0.3 is 0 Å². The Morgan fingerprint density at radius 2 is 1.83 bits per heavy atom. The Morgan fingerprint density at radius 3 is 2.50 bits per heavy atom. The summed E-state index contributed by atoms with van der Waals surface area (Å²) in [6.45, 7) is 0.369. The van der Waals surface area contributed by atoms with Crippen molar-refractivity contribution in [2.45, 2.75) is 4.90 Å². The van der Waals surface area contributed by atoms with Crippen LogP contribution in [-0.4, -0.2) is 36.7 Å². The van der Waals surface area contributed by atoms with Crippen LogP contribution in [-0.2, 0) is 10.8 Å². The molecule has 0 bridgehead atoms. The predicted octanol–water partition coefficient (Wildman–Crippen LogP) is 2.24. The lowest BCUT2D eigenvalue weighted by Gasteiger charge is -2.10. The zero-order valence-electron chi connectivity index (χ0n) is 13.7. The first-order valence-electron chi connectivity index (χ1n) is 7.36. The van der Waals surface area contributed by atoms with Gasteiger partial charge in [-0.1, -0.05) is 18.2 Å². The highest BCUT2D eigenvalue weighted by molar-refractivity contribution is 7.85. The van der Waals surface area contributed by atoms with Gasteiger partial charge in [-0.05, 0) is 24.3 Å². The lowest BCUT2D eigenvalue weighted by atomic mass is 10.3. The highest BCUT2D eigenvalue weighted by atomic mass is 32.2. The zero-order chi connectivity index (χ0) is 17.4. The van der Waals surface area contributed by atoms with Gasteiger partial charge in [0.2, 0.25) is 0 Å². The van der Waals surface area contributed by atoms with Crippen LogP contribution >= 0.6 is 0 Å². The van der Waals surface area contributed by atoms with Crippen LogP contribution in [0.25, 0.3) is 0 Å². The molecule has 0 fully saturated rings. The van der Waals surface area contributed by atoms with E-state index in [2.05, 4.69) is 10.3 Å². The topological polar surface area (TPSA) is 85.9 Å². The molecule has 1 atom stereocenters. The highest BCUT2D eigenvalue weighted by Gasteiger charge is 2.05. The van der Waals surface area contributed by atoms with Crippen molar-refractivity contribution in [1.82, 2.24) is 0 Å². The molecule has 0 saturated heterocycles. The van der Waals surface area contributed by atoms with Crippen LogP contribution in [0.15, 0.2) is 58.4 Å². The molecule has 0 aliphatic rings. The number of nitrogens with one attached hydrogen (secondary N) is 1. The van der Waals surface area contributed by atoms with E-state index in [9.17, 15) is 4.21 Å². The van der Waals surface area contributed by atoms with E-state index >= 15 is 0 Å². The van der Waals surface area contributed by atoms with Gasteiger partial charge in [0.05, 0.1) is 31.6 Å². The molecule has 0 aromatic heterocycles. The Hall–Kier alpha value is -2.54. The SMILES string of the molecule is COc1ccc(NC(N)=NCCS(=O)c2ccccc2)cc1OC. The lowest BCUT2D eigenvalue weighted by Crippen LogP contribution is -2.23. The fourth-order valence-corrected chi connectivity index (χ4v) is 2.99. The molecule has 2 aromatic carbocycles. The van der Waals surface area contributed by atoms with Crippen molar-refractivity contribution in [2.75, 3.05) is 31.8 Å². The molecule has 0 aliphatic carbocycles. The van der Waals surface area contributed by atoms with E-state index in [-0.39, 0.29) is 5.96 Å². The van der Waals surface area contributed by atoms with Crippen LogP contribution in [0, 0.1) is 0 Å². The van der Waals surface area contributed by atoms with Gasteiger partial charge in [0.15, 0.2) is 17.5 Å². The van der Waals surface area contributed by atoms with Crippen molar-refractivity contribution in [3.8, 4) is 11.5 Å². The molecule has 2 rings (SSSR count). The van der Waals surface area contributed by atoms with Crippen molar-refractivity contribution in [3.63, 3.8) is 0 Å². The standard InChI is InChI=1S/C17H21N3O3S/c1-22-15-9-8-13(12-16(15)23-2)20-17(18)19-10-11-24(21)14-6-4-3-5-7-14/h3-9,12H,10-11H2,1-2H3,(H3,18,19,20). The molecule has 7 heteroatoms. The first-order chi connectivity index (χ1) is 11.6. The smallest absolute Gasteiger partial charge is 0.193 e. The first-order valence-corrected chi connectivity index (χ1v) is 8.68. The summed E-state index contributed by atoms with van der Waals surface area (Å²) in [7, 11) is 2.06. The number of methoxy groups -OCH3 is 2. The maximum Gasteiger partial charge on any atom is 0.193 e. The Kier molecular flexibility index (Phi) is 6.62. The molecular weight excluding hydrogens is 326 g/mol. The molecule has 0 aliphatic heterocycles. The number of hydrogen-bond donors (Lipinski definition) is 2. The Labute approximate surface area is 144 Å². The number of aliphatic imine (C=N–C) groups is 1. The quantitative estimate of drug-likeness (QED) is 0.592. The van der Waals surface area contributed by atoms with Crippen LogP contribution in [0.3, 0.4) is 0 Å². The van der Waals surface area contributed by atoms with Gasteiger partial charge in [0.1, 0.15) is 0 Å². The van der Waals surface area contributed by atoms with E-state index in [0.717, 1.165) is 10.6 Å². The summed E-state index contributed by atoms with van der Waals surface area (Å²) in [5.41, 5.74) is 6.59. The zero-order valence-corrected chi connectivity index (χ0v) is 14.5. The molecule has 0 saturated carbocycles. The Balaban J connectivity index is 1.91. The largest absolute Gasteiger partial charge is 0.493 e. The third-order valence-corrected chi connectivity index (χ3v) is 4.57. The summed E-state index contributed by atoms with van der Waals surface area (Å²) >= 11 is 0. The third-order valence-electron chi connectivity index (χ3n) is 3.22. The molecule has 1 unspecified atom stereocenters. The van der Waals surface area contributed by atoms with Gasteiger partial charge < -0.3 is 20.5 Å². The molecule has 128 valence electrons. The second-order valence-corrected chi connectivity index (χ2v) is 6.40. The molecule has 0 spiro atoms. The van der Waals surface area contributed by atoms with Gasteiger partial charge in [-0.25, -0.2) is 0 Å². The predicted molar refractivity (Wildman–Crippen MR) is 97.4 cm³/mol. The molecule has 3 N–H and O–H groups in total. The number of rotatable bonds is 7. The molecule has 2 aromatic rings. The van der Waals surface area contributed by atoms with Crippen molar-refractivity contribution >= 4 is 22.4 Å². The molecular formula is C17H21N3O3S. The Morgan fingerprint density at radius 1 is 1.12 bits per heavy atom. The number of benzene rings is 2. The number of anilines is 1. The normalized spacial score (nSPS) is 12.5. The van der Waals surface area contributed by atoms with E-state index in [1.165, 1.54) is 0 Å². The molecule has 6 nitrogen and oxygen atoms in total. The number of nitrogens with two attached hydrogens (primary N) is 1. The van der Waals surface area contributed by atoms with Crippen LogP contribution in [0.1, 0.15) is 0 Å². The molecule has 0 amide bonds. The van der Waals surface area contributed by atoms with Gasteiger partial charge in [0, 0.05) is 22.4 Å². The maximum atomic E-state index is 12.1. The van der Waals surface area contributed by atoms with Crippen LogP contribution < -0.4 is 20.5 Å². The van der Waals surface area contributed by atoms with Gasteiger partial charge in [-0.3, -0.25) is 9.20 Å². The minimum Gasteiger partial charge on any atom is -0.493 e. The lowest BCUT2D eigenvalue weighted by molar-refractivity contribution is 0.355. The van der Waals surface area contributed by atoms with E-state index in [4.69, 9.17) is 15.2 Å². The van der Waals surface area contributed by atoms with Crippen molar-refractivity contribution in [1.29, 1.82) is 0 Å². The highest BCUT2D eigenvalue weighted by Crippen LogP contribution is 2.29. The van der Waals surface area contributed by atoms with Crippen LogP contribution in [0.2, 0.25) is 0 Å². The van der Waals surface area contributed by atoms with Gasteiger partial charge in [-0.15, -0.1) is 0 Å². The van der Waals surface area contributed by atoms with E-state index < -0.39 is 10.8 Å². The summed E-state index contributed by atoms with van der Waals surface area (Å²) in [6.07, 6.45) is 0. The summed E-state index contributed by atoms with van der Waals surface area (Å²) in [6, 6.07) is 14.7. The number of guanidine groups is 1. The molecule has 0 radical (unpaired) electrons. The summed E-state index contributed by atoms with van der Waals surface area (Å²) in [4.78, 5) is 4.99. The fraction of sp³-hybridized carbons (Fsp3) is 0.235. The first kappa shape index (κ1) is 17.8. The van der Waals surface area contributed by atoms with Crippen LogP contribution in [0.5, 0.6) is 11.5 Å². The van der Waals surface area contributed by atoms with Crippen LogP contribution in [0.4, 0.5) is 5.69 Å². The number of hydrogen-bond acceptors (Lipinski definition) is 4. The van der Waals surface area contributed by atoms with Crippen molar-refractivity contribution in [2.24, 2.45) is 10.7 Å². The molecule has 0 heterocycles. The Bertz CT molecular complexity index is 720. The number of nitrogens with zero attached hydrogens (tertiary/aromatic N) is 1. The second-order valence-electron chi connectivity index (χ2n) is 4.82. The van der Waals surface area contributed by atoms with E-state index in [1.54, 1.807) is 26.4 Å². The molecule has 24 heavy (non-hydrogen) atoms. The monoisotopic (exact) mass is 347 g/mol. The summed E-state index contributed by atoms with van der Waals surface area (Å²) in [5.74, 6) is 1.91. The summed E-state index contributed by atoms with van der Waals surface area (Å²) < 4.78 is 22.5. The average Bonchev–Trinajstić information content (AvgIpc) is 2.62. The van der Waals surface area contributed by atoms with Crippen molar-refractivity contribution in [3.05, 3.63) is 48.5 Å². The third kappa shape index (κ3) is 4.99. The van der Waals surface area contributed by atoms with Gasteiger partial charge in [0.25, 0.3) is 0 Å². The summed E-state index contributed by atoms with van der Waals surface area (Å²) in [5, 5.41) is 2.97. The van der Waals surface area contributed by atoms with E-state index in [1.807, 2.05) is 36.4 Å². The minimum atomic E-state index is -1.08. The van der Waals surface area contributed by atoms with Crippen molar-refractivity contribution < 1.29 is 13.7 Å². The minimum absolute atomic E-state index is 0.257. The second kappa shape index (κ2) is 8.93. The van der Waals surface area contributed by atoms with E-state index in [0.29, 0.717) is 23.8 Å². The fourth-order valence-electron chi connectivity index (χ4n) is 2.04. The van der Waals surface area contributed by atoms with Gasteiger partial charge in [-0.2, -0.15) is 0 Å².